The van der Waals surface area contributed by atoms with Gasteiger partial charge in [-0.2, -0.15) is 10.5 Å². The van der Waals surface area contributed by atoms with Gasteiger partial charge in [0.25, 0.3) is 0 Å². The summed E-state index contributed by atoms with van der Waals surface area (Å²) < 4.78 is 0.545. The first-order valence-corrected chi connectivity index (χ1v) is 6.24. The number of rotatable bonds is 1. The van der Waals surface area contributed by atoms with Crippen molar-refractivity contribution in [2.45, 2.75) is 26.1 Å². The van der Waals surface area contributed by atoms with Gasteiger partial charge in [-0.3, -0.25) is 9.80 Å². The Balaban J connectivity index is 0.000000219. The van der Waals surface area contributed by atoms with Gasteiger partial charge < -0.3 is 5.11 Å². The Kier molecular flexibility index (Phi) is 5.36. The molecule has 2 rings (SSSR count). The molecule has 1 aromatic heterocycles. The second-order valence-electron chi connectivity index (χ2n) is 4.80. The van der Waals surface area contributed by atoms with Crippen molar-refractivity contribution < 1.29 is 9.90 Å². The molecule has 1 N–H and O–H groups in total. The number of hydrogen-bond acceptors (Lipinski definition) is 7. The summed E-state index contributed by atoms with van der Waals surface area (Å²) in [6.07, 6.45) is 2.10. The molecule has 21 heavy (non-hydrogen) atoms. The molecule has 2 heterocycles. The zero-order valence-electron chi connectivity index (χ0n) is 12.3. The van der Waals surface area contributed by atoms with Gasteiger partial charge in [0, 0.05) is 12.6 Å². The number of likely N-dealkylation sites (N-methyl/N-ethyl adjacent to an activating group) is 2. The molecule has 0 spiro atoms. The fourth-order valence-corrected chi connectivity index (χ4v) is 1.97. The molecule has 2 unspecified atom stereocenters. The maximum absolute atomic E-state index is 10.3. The van der Waals surface area contributed by atoms with Crippen LogP contribution in [0.3, 0.4) is 0 Å². The highest BCUT2D eigenvalue weighted by molar-refractivity contribution is 5.87. The zero-order chi connectivity index (χ0) is 16.2. The molecule has 0 bridgehead atoms. The van der Waals surface area contributed by atoms with Gasteiger partial charge in [0.1, 0.15) is 6.07 Å². The van der Waals surface area contributed by atoms with Crippen LogP contribution in [0.2, 0.25) is 0 Å². The monoisotopic (exact) mass is 291 g/mol. The molecule has 0 amide bonds. The average Bonchev–Trinajstić information content (AvgIpc) is 2.97. The zero-order valence-corrected chi connectivity index (χ0v) is 12.3. The van der Waals surface area contributed by atoms with Gasteiger partial charge in [-0.1, -0.05) is 5.21 Å². The average molecular weight is 291 g/mol. The Hall–Kier alpha value is -2.49. The van der Waals surface area contributed by atoms with E-state index in [1.54, 1.807) is 0 Å². The third kappa shape index (κ3) is 3.54. The van der Waals surface area contributed by atoms with Crippen molar-refractivity contribution in [3.8, 4) is 12.3 Å². The molecule has 1 saturated heterocycles. The van der Waals surface area contributed by atoms with Crippen LogP contribution in [0.25, 0.3) is 0 Å². The van der Waals surface area contributed by atoms with E-state index in [-0.39, 0.29) is 5.69 Å². The molecule has 0 aromatic carbocycles. The second-order valence-corrected chi connectivity index (χ2v) is 4.80. The van der Waals surface area contributed by atoms with Crippen LogP contribution in [0.5, 0.6) is 0 Å². The fourth-order valence-electron chi connectivity index (χ4n) is 1.97. The maximum Gasteiger partial charge on any atom is 0.359 e. The Labute approximate surface area is 122 Å². The van der Waals surface area contributed by atoms with E-state index >= 15 is 0 Å². The number of carboxylic acid groups (broad SMARTS) is 1. The Morgan fingerprint density at radius 1 is 1.38 bits per heavy atom. The summed E-state index contributed by atoms with van der Waals surface area (Å²) in [7, 11) is 4.35. The number of nitriles is 2. The molecule has 0 saturated carbocycles. The molecular formula is C12H17N7O2. The van der Waals surface area contributed by atoms with E-state index in [1.165, 1.54) is 18.8 Å². The van der Waals surface area contributed by atoms with Crippen molar-refractivity contribution in [3.63, 3.8) is 0 Å². The van der Waals surface area contributed by atoms with Gasteiger partial charge in [-0.25, -0.2) is 4.79 Å². The molecule has 0 aliphatic carbocycles. The highest BCUT2D eigenvalue weighted by atomic mass is 16.4. The lowest BCUT2D eigenvalue weighted by Gasteiger charge is -2.21. The lowest BCUT2D eigenvalue weighted by Crippen LogP contribution is -2.32. The van der Waals surface area contributed by atoms with Crippen molar-refractivity contribution in [1.82, 2.24) is 24.8 Å². The van der Waals surface area contributed by atoms with Crippen molar-refractivity contribution in [2.24, 2.45) is 0 Å². The molecule has 9 nitrogen and oxygen atoms in total. The largest absolute Gasteiger partial charge is 0.476 e. The van der Waals surface area contributed by atoms with Crippen molar-refractivity contribution >= 4 is 5.97 Å². The third-order valence-electron chi connectivity index (χ3n) is 3.55. The predicted octanol–water partition coefficient (Wildman–Crippen LogP) is -0.225. The van der Waals surface area contributed by atoms with Crippen LogP contribution in [-0.2, 0) is 0 Å². The quantitative estimate of drug-likeness (QED) is 0.753. The lowest BCUT2D eigenvalue weighted by atomic mass is 10.3. The first kappa shape index (κ1) is 16.6. The normalized spacial score (nSPS) is 22.0. The topological polar surface area (TPSA) is 122 Å². The first-order valence-electron chi connectivity index (χ1n) is 6.24. The number of aromatic carboxylic acids is 1. The minimum atomic E-state index is -1.38. The number of aromatic nitrogens is 3. The van der Waals surface area contributed by atoms with E-state index in [1.807, 2.05) is 0 Å². The Morgan fingerprint density at radius 3 is 2.29 bits per heavy atom. The van der Waals surface area contributed by atoms with Gasteiger partial charge in [0.15, 0.2) is 5.69 Å². The molecule has 1 aromatic rings. The summed E-state index contributed by atoms with van der Waals surface area (Å²) in [6, 6.07) is 2.24. The summed E-state index contributed by atoms with van der Waals surface area (Å²) in [6.45, 7) is 5.71. The smallest absolute Gasteiger partial charge is 0.359 e. The lowest BCUT2D eigenvalue weighted by molar-refractivity contribution is 0.0690. The van der Waals surface area contributed by atoms with Crippen LogP contribution in [0.15, 0.2) is 0 Å². The number of carboxylic acids is 1. The molecular weight excluding hydrogens is 274 g/mol. The van der Waals surface area contributed by atoms with Gasteiger partial charge in [0.05, 0.1) is 6.17 Å². The van der Waals surface area contributed by atoms with Crippen molar-refractivity contribution in [2.75, 3.05) is 20.6 Å². The molecule has 1 aliphatic rings. The van der Waals surface area contributed by atoms with Gasteiger partial charge in [-0.15, -0.1) is 9.78 Å². The third-order valence-corrected chi connectivity index (χ3v) is 3.55. The van der Waals surface area contributed by atoms with Crippen molar-refractivity contribution in [1.29, 1.82) is 10.5 Å². The van der Waals surface area contributed by atoms with E-state index < -0.39 is 11.7 Å². The molecule has 1 fully saturated rings. The van der Waals surface area contributed by atoms with Crippen LogP contribution in [0, 0.1) is 22.8 Å². The Bertz CT molecular complexity index is 586. The minimum absolute atomic E-state index is 0.370. The van der Waals surface area contributed by atoms with Crippen LogP contribution in [0.1, 0.15) is 30.0 Å². The Morgan fingerprint density at radius 2 is 2.00 bits per heavy atom. The number of carbonyl (C=O) groups is 1. The van der Waals surface area contributed by atoms with E-state index in [4.69, 9.17) is 15.6 Å². The molecule has 112 valence electrons. The summed E-state index contributed by atoms with van der Waals surface area (Å²) in [5, 5.41) is 31.4. The van der Waals surface area contributed by atoms with Crippen LogP contribution in [-0.4, -0.2) is 68.7 Å². The fraction of sp³-hybridized carbons (Fsp3) is 0.583. The highest BCUT2D eigenvalue weighted by Crippen LogP contribution is 2.14. The standard InChI is InChI=1S/C7H16N2.C5HN5O2/c1-6-5-8(3)7(2)9(6)4;6-1-3-4(5(11)12)8-9-10(3)2-7/h6-7H,5H2,1-4H3;(H,11,12). The van der Waals surface area contributed by atoms with E-state index in [9.17, 15) is 4.79 Å². The SMILES string of the molecule is CC1CN(C)C(C)N1C.N#Cc1c(C(=O)O)nnn1C#N. The van der Waals surface area contributed by atoms with E-state index in [0.29, 0.717) is 10.8 Å². The highest BCUT2D eigenvalue weighted by Gasteiger charge is 2.27. The number of nitrogens with zero attached hydrogens (tertiary/aromatic N) is 7. The first-order chi connectivity index (χ1) is 9.83. The van der Waals surface area contributed by atoms with Gasteiger partial charge >= 0.3 is 5.97 Å². The summed E-state index contributed by atoms with van der Waals surface area (Å²) in [5.41, 5.74) is -0.885. The van der Waals surface area contributed by atoms with Crippen molar-refractivity contribution in [3.05, 3.63) is 11.4 Å². The second kappa shape index (κ2) is 6.79. The number of hydrogen-bond donors (Lipinski definition) is 1. The van der Waals surface area contributed by atoms with E-state index in [2.05, 4.69) is 48.1 Å². The predicted molar refractivity (Wildman–Crippen MR) is 72.0 cm³/mol. The molecule has 1 aliphatic heterocycles. The van der Waals surface area contributed by atoms with Crippen LogP contribution in [0.4, 0.5) is 0 Å². The molecule has 9 heteroatoms. The van der Waals surface area contributed by atoms with Gasteiger partial charge in [-0.05, 0) is 27.9 Å². The van der Waals surface area contributed by atoms with Crippen LogP contribution >= 0.6 is 0 Å². The summed E-state index contributed by atoms with van der Waals surface area (Å²) in [4.78, 5) is 15.1. The summed E-state index contributed by atoms with van der Waals surface area (Å²) >= 11 is 0. The minimum Gasteiger partial charge on any atom is -0.476 e. The molecule has 2 atom stereocenters. The summed E-state index contributed by atoms with van der Waals surface area (Å²) in [5.74, 6) is -1.38. The molecule has 0 radical (unpaired) electrons. The van der Waals surface area contributed by atoms with Crippen LogP contribution < -0.4 is 0 Å². The van der Waals surface area contributed by atoms with Gasteiger partial charge in [0.2, 0.25) is 11.9 Å². The van der Waals surface area contributed by atoms with E-state index in [0.717, 1.165) is 6.04 Å². The maximum atomic E-state index is 10.3.